The van der Waals surface area contributed by atoms with Crippen molar-refractivity contribution in [2.45, 2.75) is 216 Å². The van der Waals surface area contributed by atoms with Crippen LogP contribution in [-0.2, 0) is 84.8 Å². The van der Waals surface area contributed by atoms with Gasteiger partial charge in [-0.25, -0.2) is 0 Å². The van der Waals surface area contributed by atoms with Crippen molar-refractivity contribution in [3.8, 4) is 0 Å². The normalized spacial score (nSPS) is 15.7. The number of aliphatic carboxylic acids is 2. The van der Waals surface area contributed by atoms with Crippen molar-refractivity contribution in [3.63, 3.8) is 0 Å². The number of likely N-dealkylation sites (tertiary alicyclic amines) is 2. The lowest BCUT2D eigenvalue weighted by molar-refractivity contribution is -0.143. The fourth-order valence-corrected chi connectivity index (χ4v) is 12.0. The van der Waals surface area contributed by atoms with Crippen LogP contribution < -0.4 is 81.8 Å². The highest BCUT2D eigenvalue weighted by Gasteiger charge is 2.42. The molecule has 2 saturated heterocycles. The minimum Gasteiger partial charge on any atom is -0.481 e. The molecule has 22 N–H and O–H groups in total. The molecular weight excluding hydrogens is 1380 g/mol. The maximum absolute atomic E-state index is 14.6. The number of nitrogens with two attached hydrogens (primary N) is 5. The fraction of sp³-hybridized carbons (Fsp3) is 0.586. The summed E-state index contributed by atoms with van der Waals surface area (Å²) >= 11 is 0. The number of nitrogens with one attached hydrogen (secondary N) is 10. The van der Waals surface area contributed by atoms with Crippen molar-refractivity contribution >= 4 is 101 Å². The van der Waals surface area contributed by atoms with E-state index in [0.29, 0.717) is 36.8 Å². The first kappa shape index (κ1) is 87.4. The average molecular weight is 1490 g/mol. The van der Waals surface area contributed by atoms with Gasteiger partial charge in [-0.15, -0.1) is 0 Å². The van der Waals surface area contributed by atoms with E-state index in [0.717, 1.165) is 25.7 Å². The molecule has 9 atom stereocenters. The molecule has 2 aliphatic heterocycles. The topological polar surface area (TPSA) is 578 Å². The largest absolute Gasteiger partial charge is 0.481 e. The molecule has 2 aromatic rings. The van der Waals surface area contributed by atoms with E-state index in [9.17, 15) is 82.1 Å². The SMILES string of the molecule is CCCCCC(=O)N[C@@H](CCCN=C(N)N)C(=O)NCC(=O)N[C@@H](CC(=O)O)C(=O)N[C@@H](Cc1ccccc1)C(=O)N1CCC[C@H]1C(=O)NCCCC[C@H](NC(=O)[C@@H]1CCCN1C(=O)[C@H](Cc1ccccc1)NC(=O)[C@H](CC(=O)O)NC(=O)CNC(=O)[C@H](CCCN=C(N)N)NC(=O)CCCCC)C(N)=O. The van der Waals surface area contributed by atoms with E-state index >= 15 is 0 Å². The van der Waals surface area contributed by atoms with Gasteiger partial charge in [0, 0.05) is 58.4 Å². The molecule has 4 rings (SSSR count). The van der Waals surface area contributed by atoms with Crippen LogP contribution in [0.2, 0.25) is 0 Å². The van der Waals surface area contributed by atoms with Crippen LogP contribution in [0.25, 0.3) is 0 Å². The molecule has 0 bridgehead atoms. The van der Waals surface area contributed by atoms with Gasteiger partial charge in [-0.1, -0.05) is 100 Å². The molecule has 2 aliphatic rings. The molecule has 0 aromatic heterocycles. The quantitative estimate of drug-likeness (QED) is 0.0179. The summed E-state index contributed by atoms with van der Waals surface area (Å²) in [5, 5.41) is 45.1. The number of rotatable bonds is 49. The predicted molar refractivity (Wildman–Crippen MR) is 388 cm³/mol. The monoisotopic (exact) mass is 1490 g/mol. The smallest absolute Gasteiger partial charge is 0.305 e. The van der Waals surface area contributed by atoms with Crippen molar-refractivity contribution in [3.05, 3.63) is 71.8 Å². The Hall–Kier alpha value is -11.0. The molecule has 36 heteroatoms. The first-order valence-electron chi connectivity index (χ1n) is 36.0. The molecule has 106 heavy (non-hydrogen) atoms. The number of primary amides is 1. The Morgan fingerprint density at radius 1 is 0.434 bits per heavy atom. The van der Waals surface area contributed by atoms with Gasteiger partial charge in [0.2, 0.25) is 76.8 Å². The zero-order valence-corrected chi connectivity index (χ0v) is 60.4. The summed E-state index contributed by atoms with van der Waals surface area (Å²) in [6.07, 6.45) is 4.84. The second kappa shape index (κ2) is 47.4. The van der Waals surface area contributed by atoms with E-state index in [1.54, 1.807) is 60.7 Å². The van der Waals surface area contributed by atoms with Crippen LogP contribution in [0, 0.1) is 0 Å². The maximum atomic E-state index is 14.6. The van der Waals surface area contributed by atoms with Crippen molar-refractivity contribution in [2.75, 3.05) is 45.8 Å². The molecule has 0 aliphatic carbocycles. The van der Waals surface area contributed by atoms with E-state index in [1.807, 2.05) is 13.8 Å². The zero-order valence-electron chi connectivity index (χ0n) is 60.4. The summed E-state index contributed by atoms with van der Waals surface area (Å²) in [4.78, 5) is 212. The van der Waals surface area contributed by atoms with Gasteiger partial charge in [0.05, 0.1) is 25.9 Å². The van der Waals surface area contributed by atoms with Crippen molar-refractivity contribution in [1.82, 2.24) is 63.0 Å². The number of carbonyl (C=O) groups excluding carboxylic acids is 13. The van der Waals surface area contributed by atoms with E-state index in [2.05, 4.69) is 63.2 Å². The van der Waals surface area contributed by atoms with Crippen LogP contribution >= 0.6 is 0 Å². The summed E-state index contributed by atoms with van der Waals surface area (Å²) < 4.78 is 0. The van der Waals surface area contributed by atoms with Gasteiger partial charge in [0.25, 0.3) is 0 Å². The molecule has 0 radical (unpaired) electrons. The van der Waals surface area contributed by atoms with Gasteiger partial charge in [0.1, 0.15) is 54.4 Å². The molecule has 0 spiro atoms. The third kappa shape index (κ3) is 32.8. The van der Waals surface area contributed by atoms with Gasteiger partial charge in [-0.2, -0.15) is 0 Å². The number of guanidine groups is 2. The molecule has 2 heterocycles. The van der Waals surface area contributed by atoms with Crippen LogP contribution in [0.5, 0.6) is 0 Å². The number of nitrogens with zero attached hydrogens (tertiary/aromatic N) is 4. The minimum atomic E-state index is -1.78. The number of amides is 13. The highest BCUT2D eigenvalue weighted by Crippen LogP contribution is 2.23. The number of carboxylic acids is 2. The Morgan fingerprint density at radius 3 is 1.22 bits per heavy atom. The third-order valence-corrected chi connectivity index (χ3v) is 17.5. The number of unbranched alkanes of at least 4 members (excludes halogenated alkanes) is 5. The number of carboxylic acid groups (broad SMARTS) is 2. The number of benzene rings is 2. The molecule has 0 unspecified atom stereocenters. The zero-order chi connectivity index (χ0) is 78.1. The van der Waals surface area contributed by atoms with Gasteiger partial charge in [0.15, 0.2) is 11.9 Å². The van der Waals surface area contributed by atoms with Gasteiger partial charge >= 0.3 is 11.9 Å². The number of carbonyl (C=O) groups is 15. The van der Waals surface area contributed by atoms with Crippen molar-refractivity contribution in [1.29, 1.82) is 0 Å². The van der Waals surface area contributed by atoms with Gasteiger partial charge < -0.3 is 102 Å². The number of hydrogen-bond donors (Lipinski definition) is 17. The summed E-state index contributed by atoms with van der Waals surface area (Å²) in [7, 11) is 0. The Morgan fingerprint density at radius 2 is 0.830 bits per heavy atom. The Kier molecular flexibility index (Phi) is 39.1. The Labute approximate surface area is 615 Å². The first-order valence-corrected chi connectivity index (χ1v) is 36.0. The lowest BCUT2D eigenvalue weighted by Gasteiger charge is -2.30. The third-order valence-electron chi connectivity index (χ3n) is 17.5. The minimum absolute atomic E-state index is 0.0172. The standard InChI is InChI=1S/C70H107N19O17/c1-3-5-9-30-54(90)81-46(26-17-33-77-69(72)73)61(99)79-41-56(92)83-48(39-58(94)95)63(101)86-50(37-43-21-11-7-12-22-43)67(105)88-35-19-28-52(88)65(103)76-32-16-15-25-45(60(71)98)85-66(104)53-29-20-36-89(53)68(106)51(38-44-23-13-8-14-24-44)87-64(102)49(40-59(96)97)84-57(93)42-80-62(100)47(27-18-34-78-70(74)75)82-55(91)31-10-6-4-2/h7-8,11-14,21-24,45-53H,3-6,9-10,15-20,25-42H2,1-2H3,(H2,71,98)(H,76,103)(H,79,99)(H,80,100)(H,81,90)(H,82,91)(H,83,92)(H,84,93)(H,85,104)(H,86,101)(H,87,102)(H,94,95)(H,96,97)(H4,72,73,77)(H4,74,75,78)/t45-,46-,47-,48-,49-,50-,51-,52-,53-/m0/s1. The summed E-state index contributed by atoms with van der Waals surface area (Å²) in [5.41, 5.74) is 28.6. The molecule has 2 fully saturated rings. The molecule has 13 amide bonds. The molecular formula is C70H107N19O17. The van der Waals surface area contributed by atoms with Gasteiger partial charge in [-0.3, -0.25) is 81.9 Å². The fourth-order valence-electron chi connectivity index (χ4n) is 12.0. The second-order valence-corrected chi connectivity index (χ2v) is 26.1. The highest BCUT2D eigenvalue weighted by molar-refractivity contribution is 5.99. The summed E-state index contributed by atoms with van der Waals surface area (Å²) in [6, 6.07) is 4.95. The van der Waals surface area contributed by atoms with Crippen molar-refractivity contribution < 1.29 is 82.1 Å². The van der Waals surface area contributed by atoms with Crippen LogP contribution in [0.15, 0.2) is 70.6 Å². The molecule has 2 aromatic carbocycles. The number of hydrogen-bond acceptors (Lipinski definition) is 17. The molecule has 584 valence electrons. The Balaban J connectivity index is 1.38. The second-order valence-electron chi connectivity index (χ2n) is 26.1. The number of aliphatic imine (C=N–C) groups is 2. The average Bonchev–Trinajstić information content (AvgIpc) is 1.61. The maximum Gasteiger partial charge on any atom is 0.305 e. The van der Waals surface area contributed by atoms with E-state index in [-0.39, 0.29) is 128 Å². The summed E-state index contributed by atoms with van der Waals surface area (Å²) in [6.45, 7) is 2.90. The van der Waals surface area contributed by atoms with Crippen LogP contribution in [-0.4, -0.2) is 221 Å². The van der Waals surface area contributed by atoms with E-state index in [4.69, 9.17) is 28.7 Å². The lowest BCUT2D eigenvalue weighted by Crippen LogP contribution is -2.59. The molecule has 36 nitrogen and oxygen atoms in total. The lowest BCUT2D eigenvalue weighted by atomic mass is 10.0. The predicted octanol–water partition coefficient (Wildman–Crippen LogP) is -2.93. The van der Waals surface area contributed by atoms with E-state index in [1.165, 1.54) is 9.80 Å². The van der Waals surface area contributed by atoms with Crippen LogP contribution in [0.3, 0.4) is 0 Å². The van der Waals surface area contributed by atoms with Crippen molar-refractivity contribution in [2.24, 2.45) is 38.7 Å². The van der Waals surface area contributed by atoms with Crippen LogP contribution in [0.1, 0.15) is 160 Å². The van der Waals surface area contributed by atoms with Crippen LogP contribution in [0.4, 0.5) is 0 Å². The Bertz CT molecular complexity index is 3360. The molecule has 0 saturated carbocycles. The summed E-state index contributed by atoms with van der Waals surface area (Å²) in [5.74, 6) is -13.3. The van der Waals surface area contributed by atoms with Gasteiger partial charge in [-0.05, 0) is 94.6 Å². The first-order chi connectivity index (χ1) is 50.6. The highest BCUT2D eigenvalue weighted by atomic mass is 16.4. The van der Waals surface area contributed by atoms with E-state index < -0.39 is 169 Å².